The zero-order valence-corrected chi connectivity index (χ0v) is 12.4. The van der Waals surface area contributed by atoms with E-state index in [-0.39, 0.29) is 11.9 Å². The third-order valence-corrected chi connectivity index (χ3v) is 4.27. The second-order valence-electron chi connectivity index (χ2n) is 4.95. The summed E-state index contributed by atoms with van der Waals surface area (Å²) in [5.41, 5.74) is 2.89. The Morgan fingerprint density at radius 3 is 2.20 bits per heavy atom. The molecule has 1 aliphatic rings. The smallest absolute Gasteiger partial charge is 0.266 e. The molecule has 2 aromatic carbocycles. The van der Waals surface area contributed by atoms with Gasteiger partial charge in [0, 0.05) is 5.69 Å². The molecule has 2 aromatic rings. The number of hydrogen-bond acceptors (Lipinski definition) is 1. The summed E-state index contributed by atoms with van der Waals surface area (Å²) in [5, 5.41) is 0. The lowest BCUT2D eigenvalue weighted by Crippen LogP contribution is -2.62. The molecule has 0 spiro atoms. The van der Waals surface area contributed by atoms with Gasteiger partial charge in [0.1, 0.15) is 6.04 Å². The first kappa shape index (κ1) is 13.5. The van der Waals surface area contributed by atoms with Gasteiger partial charge >= 0.3 is 0 Å². The van der Waals surface area contributed by atoms with Crippen LogP contribution < -0.4 is 4.90 Å². The topological polar surface area (TPSA) is 20.3 Å². The van der Waals surface area contributed by atoms with Gasteiger partial charge in [-0.05, 0) is 24.6 Å². The van der Waals surface area contributed by atoms with Gasteiger partial charge in [0.2, 0.25) is 4.33 Å². The molecule has 0 radical (unpaired) electrons. The second kappa shape index (κ2) is 4.80. The minimum atomic E-state index is -1.40. The minimum absolute atomic E-state index is 0.280. The second-order valence-corrected chi connectivity index (χ2v) is 6.33. The van der Waals surface area contributed by atoms with Gasteiger partial charge < -0.3 is 0 Å². The molecule has 1 amide bonds. The third-order valence-electron chi connectivity index (χ3n) is 3.53. The van der Waals surface area contributed by atoms with Crippen LogP contribution in [0, 0.1) is 6.92 Å². The van der Waals surface area contributed by atoms with E-state index in [1.807, 2.05) is 61.5 Å². The summed E-state index contributed by atoms with van der Waals surface area (Å²) in [4.78, 5) is 13.8. The molecule has 1 fully saturated rings. The summed E-state index contributed by atoms with van der Waals surface area (Å²) in [6.07, 6.45) is 0. The fourth-order valence-electron chi connectivity index (χ4n) is 2.45. The van der Waals surface area contributed by atoms with Crippen LogP contribution in [0.2, 0.25) is 0 Å². The number of β-lactam (4-membered cyclic amide) rings is 1. The monoisotopic (exact) mass is 305 g/mol. The number of alkyl halides is 2. The summed E-state index contributed by atoms with van der Waals surface area (Å²) in [7, 11) is 0. The van der Waals surface area contributed by atoms with Crippen LogP contribution in [0.5, 0.6) is 0 Å². The lowest BCUT2D eigenvalue weighted by atomic mass is 9.91. The van der Waals surface area contributed by atoms with Gasteiger partial charge in [0.25, 0.3) is 5.91 Å². The van der Waals surface area contributed by atoms with Crippen LogP contribution >= 0.6 is 23.2 Å². The highest BCUT2D eigenvalue weighted by Crippen LogP contribution is 2.52. The maximum absolute atomic E-state index is 12.2. The Hall–Kier alpha value is -1.51. The Balaban J connectivity index is 2.02. The molecule has 1 saturated heterocycles. The normalized spacial score (nSPS) is 20.6. The zero-order valence-electron chi connectivity index (χ0n) is 10.9. The van der Waals surface area contributed by atoms with Gasteiger partial charge in [0.15, 0.2) is 0 Å². The molecular formula is C16H13Cl2NO. The third kappa shape index (κ3) is 2.00. The van der Waals surface area contributed by atoms with E-state index in [1.54, 1.807) is 4.90 Å². The summed E-state index contributed by atoms with van der Waals surface area (Å²) < 4.78 is -1.40. The number of nitrogens with zero attached hydrogens (tertiary/aromatic N) is 1. The summed E-state index contributed by atoms with van der Waals surface area (Å²) >= 11 is 12.4. The molecule has 102 valence electrons. The van der Waals surface area contributed by atoms with Crippen molar-refractivity contribution in [1.29, 1.82) is 0 Å². The van der Waals surface area contributed by atoms with E-state index in [9.17, 15) is 4.79 Å². The molecule has 1 unspecified atom stereocenters. The number of aryl methyl sites for hydroxylation is 1. The molecule has 0 saturated carbocycles. The van der Waals surface area contributed by atoms with E-state index in [1.165, 1.54) is 0 Å². The number of amides is 1. The number of carbonyl (C=O) groups is 1. The van der Waals surface area contributed by atoms with Crippen LogP contribution in [-0.4, -0.2) is 10.2 Å². The van der Waals surface area contributed by atoms with Crippen molar-refractivity contribution in [3.63, 3.8) is 0 Å². The van der Waals surface area contributed by atoms with E-state index in [4.69, 9.17) is 23.2 Å². The van der Waals surface area contributed by atoms with E-state index in [2.05, 4.69) is 0 Å². The highest BCUT2D eigenvalue weighted by Gasteiger charge is 2.60. The van der Waals surface area contributed by atoms with Crippen molar-refractivity contribution in [2.24, 2.45) is 0 Å². The van der Waals surface area contributed by atoms with Crippen LogP contribution in [0.3, 0.4) is 0 Å². The minimum Gasteiger partial charge on any atom is -0.299 e. The highest BCUT2D eigenvalue weighted by molar-refractivity contribution is 6.62. The van der Waals surface area contributed by atoms with E-state index in [0.29, 0.717) is 0 Å². The molecular weight excluding hydrogens is 293 g/mol. The van der Waals surface area contributed by atoms with Crippen LogP contribution in [0.15, 0.2) is 54.6 Å². The van der Waals surface area contributed by atoms with Crippen LogP contribution in [0.1, 0.15) is 17.2 Å². The first-order valence-corrected chi connectivity index (χ1v) is 7.10. The Morgan fingerprint density at radius 1 is 1.00 bits per heavy atom. The quantitative estimate of drug-likeness (QED) is 0.600. The largest absolute Gasteiger partial charge is 0.299 e. The fraction of sp³-hybridized carbons (Fsp3) is 0.188. The number of benzene rings is 2. The van der Waals surface area contributed by atoms with Gasteiger partial charge in [-0.25, -0.2) is 0 Å². The van der Waals surface area contributed by atoms with Gasteiger partial charge in [0.05, 0.1) is 0 Å². The van der Waals surface area contributed by atoms with E-state index >= 15 is 0 Å². The van der Waals surface area contributed by atoms with Crippen molar-refractivity contribution in [2.75, 3.05) is 4.90 Å². The average molecular weight is 306 g/mol. The Labute approximate surface area is 127 Å². The van der Waals surface area contributed by atoms with Crippen LogP contribution in [0.25, 0.3) is 0 Å². The van der Waals surface area contributed by atoms with Gasteiger partial charge in [-0.3, -0.25) is 9.69 Å². The standard InChI is InChI=1S/C16H13Cl2NO/c1-11-7-9-12(10-8-11)14-16(17,18)15(20)19(14)13-5-3-2-4-6-13/h2-10,14H,1H3. The molecule has 0 aromatic heterocycles. The maximum atomic E-state index is 12.2. The lowest BCUT2D eigenvalue weighted by Gasteiger charge is -2.49. The van der Waals surface area contributed by atoms with Crippen LogP contribution in [0.4, 0.5) is 5.69 Å². The Bertz CT molecular complexity index is 637. The average Bonchev–Trinajstić information content (AvgIpc) is 2.46. The van der Waals surface area contributed by atoms with Crippen molar-refractivity contribution in [2.45, 2.75) is 17.3 Å². The number of rotatable bonds is 2. The molecule has 0 N–H and O–H groups in total. The molecule has 2 nitrogen and oxygen atoms in total. The SMILES string of the molecule is Cc1ccc(C2N(c3ccccc3)C(=O)C2(Cl)Cl)cc1. The van der Waals surface area contributed by atoms with Crippen molar-refractivity contribution < 1.29 is 4.79 Å². The summed E-state index contributed by atoms with van der Waals surface area (Å²) in [6, 6.07) is 17.0. The number of para-hydroxylation sites is 1. The maximum Gasteiger partial charge on any atom is 0.266 e. The van der Waals surface area contributed by atoms with E-state index in [0.717, 1.165) is 16.8 Å². The number of anilines is 1. The number of halogens is 2. The predicted octanol–water partition coefficient (Wildman–Crippen LogP) is 4.26. The summed E-state index contributed by atoms with van der Waals surface area (Å²) in [6.45, 7) is 2.01. The molecule has 0 aliphatic carbocycles. The van der Waals surface area contributed by atoms with Crippen molar-refractivity contribution >= 4 is 34.8 Å². The van der Waals surface area contributed by atoms with Crippen molar-refractivity contribution in [3.05, 3.63) is 65.7 Å². The van der Waals surface area contributed by atoms with Gasteiger partial charge in [-0.1, -0.05) is 71.2 Å². The Kier molecular flexibility index (Phi) is 3.23. The molecule has 1 heterocycles. The lowest BCUT2D eigenvalue weighted by molar-refractivity contribution is -0.125. The predicted molar refractivity (Wildman–Crippen MR) is 82.3 cm³/mol. The molecule has 1 aliphatic heterocycles. The van der Waals surface area contributed by atoms with Crippen LogP contribution in [-0.2, 0) is 4.79 Å². The van der Waals surface area contributed by atoms with Gasteiger partial charge in [-0.2, -0.15) is 0 Å². The van der Waals surface area contributed by atoms with Crippen molar-refractivity contribution in [1.82, 2.24) is 0 Å². The molecule has 1 atom stereocenters. The molecule has 0 bridgehead atoms. The van der Waals surface area contributed by atoms with Crippen molar-refractivity contribution in [3.8, 4) is 0 Å². The molecule has 4 heteroatoms. The molecule has 3 rings (SSSR count). The van der Waals surface area contributed by atoms with E-state index < -0.39 is 4.33 Å². The highest BCUT2D eigenvalue weighted by atomic mass is 35.5. The zero-order chi connectivity index (χ0) is 14.3. The first-order chi connectivity index (χ1) is 9.51. The molecule has 20 heavy (non-hydrogen) atoms. The first-order valence-electron chi connectivity index (χ1n) is 6.35. The Morgan fingerprint density at radius 2 is 1.60 bits per heavy atom. The van der Waals surface area contributed by atoms with Gasteiger partial charge in [-0.15, -0.1) is 0 Å². The number of hydrogen-bond donors (Lipinski definition) is 0. The fourth-order valence-corrected chi connectivity index (χ4v) is 3.08. The summed E-state index contributed by atoms with van der Waals surface area (Å²) in [5.74, 6) is -0.280. The number of carbonyl (C=O) groups excluding carboxylic acids is 1.